The number of carboxylic acids is 1. The van der Waals surface area contributed by atoms with Gasteiger partial charge in [0, 0.05) is 5.41 Å². The van der Waals surface area contributed by atoms with Crippen LogP contribution in [0.15, 0.2) is 29.9 Å². The van der Waals surface area contributed by atoms with Crippen molar-refractivity contribution in [2.24, 2.45) is 17.3 Å². The SMILES string of the molecule is COC1=CC([C@]2(COc3cnc(C)nc3C)C[C@H]2C(=O)O)CC=C1F. The van der Waals surface area contributed by atoms with Crippen LogP contribution in [0.25, 0.3) is 0 Å². The number of aromatic nitrogens is 2. The van der Waals surface area contributed by atoms with Gasteiger partial charge in [-0.25, -0.2) is 14.4 Å². The molecule has 3 atom stereocenters. The molecule has 134 valence electrons. The molecule has 0 spiro atoms. The van der Waals surface area contributed by atoms with Crippen molar-refractivity contribution < 1.29 is 23.8 Å². The third kappa shape index (κ3) is 3.23. The van der Waals surface area contributed by atoms with E-state index in [0.717, 1.165) is 0 Å². The van der Waals surface area contributed by atoms with Crippen molar-refractivity contribution in [1.29, 1.82) is 0 Å². The number of nitrogens with zero attached hydrogens (tertiary/aromatic N) is 2. The van der Waals surface area contributed by atoms with Gasteiger partial charge < -0.3 is 14.6 Å². The molecule has 3 rings (SSSR count). The predicted molar refractivity (Wildman–Crippen MR) is 87.6 cm³/mol. The quantitative estimate of drug-likeness (QED) is 0.851. The topological polar surface area (TPSA) is 81.5 Å². The molecular formula is C18H21FN2O4. The van der Waals surface area contributed by atoms with Gasteiger partial charge in [-0.15, -0.1) is 0 Å². The van der Waals surface area contributed by atoms with Crippen LogP contribution in [0, 0.1) is 31.1 Å². The van der Waals surface area contributed by atoms with E-state index in [9.17, 15) is 14.3 Å². The lowest BCUT2D eigenvalue weighted by molar-refractivity contribution is -0.140. The number of ether oxygens (including phenoxy) is 2. The average Bonchev–Trinajstić information content (AvgIpc) is 3.31. The second-order valence-electron chi connectivity index (χ2n) is 6.61. The second kappa shape index (κ2) is 6.46. The van der Waals surface area contributed by atoms with E-state index in [1.54, 1.807) is 19.2 Å². The van der Waals surface area contributed by atoms with Crippen molar-refractivity contribution in [3.8, 4) is 5.75 Å². The first-order valence-corrected chi connectivity index (χ1v) is 8.15. The number of carbonyl (C=O) groups is 1. The third-order valence-electron chi connectivity index (χ3n) is 5.06. The zero-order chi connectivity index (χ0) is 18.2. The predicted octanol–water partition coefficient (Wildman–Crippen LogP) is 2.97. The van der Waals surface area contributed by atoms with Crippen LogP contribution in [0.3, 0.4) is 0 Å². The van der Waals surface area contributed by atoms with Gasteiger partial charge in [0.15, 0.2) is 17.3 Å². The summed E-state index contributed by atoms with van der Waals surface area (Å²) in [6.45, 7) is 3.82. The molecule has 25 heavy (non-hydrogen) atoms. The van der Waals surface area contributed by atoms with Crippen molar-refractivity contribution >= 4 is 5.97 Å². The van der Waals surface area contributed by atoms with E-state index < -0.39 is 23.1 Å². The highest BCUT2D eigenvalue weighted by atomic mass is 19.1. The van der Waals surface area contributed by atoms with Crippen LogP contribution in [0.1, 0.15) is 24.4 Å². The van der Waals surface area contributed by atoms with Crippen LogP contribution >= 0.6 is 0 Å². The molecule has 2 aliphatic carbocycles. The van der Waals surface area contributed by atoms with Gasteiger partial charge in [0.25, 0.3) is 0 Å². The number of rotatable bonds is 6. The summed E-state index contributed by atoms with van der Waals surface area (Å²) in [6, 6.07) is 0. The van der Waals surface area contributed by atoms with Crippen LogP contribution in [-0.4, -0.2) is 34.8 Å². The Morgan fingerprint density at radius 3 is 2.84 bits per heavy atom. The highest BCUT2D eigenvalue weighted by Gasteiger charge is 2.63. The summed E-state index contributed by atoms with van der Waals surface area (Å²) in [5.74, 6) is -0.609. The summed E-state index contributed by atoms with van der Waals surface area (Å²) in [6.07, 6.45) is 5.64. The molecule has 0 saturated heterocycles. The maximum absolute atomic E-state index is 13.7. The number of hydrogen-bond donors (Lipinski definition) is 1. The Kier molecular flexibility index (Phi) is 4.49. The third-order valence-corrected chi connectivity index (χ3v) is 5.06. The highest BCUT2D eigenvalue weighted by molar-refractivity contribution is 5.75. The van der Waals surface area contributed by atoms with E-state index in [-0.39, 0.29) is 18.3 Å². The van der Waals surface area contributed by atoms with E-state index in [2.05, 4.69) is 9.97 Å². The maximum atomic E-state index is 13.7. The van der Waals surface area contributed by atoms with E-state index in [4.69, 9.17) is 9.47 Å². The summed E-state index contributed by atoms with van der Waals surface area (Å²) in [5.41, 5.74) is 0.127. The van der Waals surface area contributed by atoms with Crippen molar-refractivity contribution in [2.75, 3.05) is 13.7 Å². The minimum Gasteiger partial charge on any atom is -0.494 e. The Morgan fingerprint density at radius 2 is 2.24 bits per heavy atom. The number of hydrogen-bond acceptors (Lipinski definition) is 5. The minimum atomic E-state index is -0.858. The standard InChI is InChI=1S/C18H21FN2O4/c1-10-16(8-20-11(2)21-10)25-9-18(7-13(18)17(22)23)12-4-5-14(19)15(6-12)24-3/h5-6,8,12-13H,4,7,9H2,1-3H3,(H,22,23)/t12?,13-,18+/m0/s1. The molecule has 1 unspecified atom stereocenters. The monoisotopic (exact) mass is 348 g/mol. The van der Waals surface area contributed by atoms with Gasteiger partial charge >= 0.3 is 5.97 Å². The van der Waals surface area contributed by atoms with Crippen molar-refractivity contribution in [2.45, 2.75) is 26.7 Å². The summed E-state index contributed by atoms with van der Waals surface area (Å²) in [4.78, 5) is 19.9. The van der Waals surface area contributed by atoms with Crippen LogP contribution in [0.5, 0.6) is 5.75 Å². The minimum absolute atomic E-state index is 0.154. The lowest BCUT2D eigenvalue weighted by Gasteiger charge is -2.27. The average molecular weight is 348 g/mol. The molecule has 1 aromatic rings. The summed E-state index contributed by atoms with van der Waals surface area (Å²) < 4.78 is 24.7. The first-order valence-electron chi connectivity index (χ1n) is 8.15. The Labute approximate surface area is 145 Å². The zero-order valence-corrected chi connectivity index (χ0v) is 14.5. The van der Waals surface area contributed by atoms with Crippen molar-refractivity contribution in [1.82, 2.24) is 9.97 Å². The van der Waals surface area contributed by atoms with Crippen molar-refractivity contribution in [3.05, 3.63) is 41.5 Å². The first-order chi connectivity index (χ1) is 11.9. The molecule has 0 bridgehead atoms. The van der Waals surface area contributed by atoms with Gasteiger partial charge in [0.2, 0.25) is 0 Å². The van der Waals surface area contributed by atoms with Gasteiger partial charge in [0.05, 0.1) is 31.5 Å². The molecule has 0 amide bonds. The van der Waals surface area contributed by atoms with Crippen LogP contribution in [-0.2, 0) is 9.53 Å². The molecule has 7 heteroatoms. The fraction of sp³-hybridized carbons (Fsp3) is 0.500. The fourth-order valence-electron chi connectivity index (χ4n) is 3.48. The normalized spacial score (nSPS) is 28.0. The van der Waals surface area contributed by atoms with Gasteiger partial charge in [0.1, 0.15) is 5.82 Å². The molecule has 1 saturated carbocycles. The lowest BCUT2D eigenvalue weighted by Crippen LogP contribution is -2.28. The van der Waals surface area contributed by atoms with E-state index in [1.165, 1.54) is 13.2 Å². The molecule has 1 N–H and O–H groups in total. The Morgan fingerprint density at radius 1 is 1.48 bits per heavy atom. The molecule has 0 radical (unpaired) electrons. The van der Waals surface area contributed by atoms with E-state index >= 15 is 0 Å². The number of allylic oxidation sites excluding steroid dienone is 3. The largest absolute Gasteiger partial charge is 0.494 e. The highest BCUT2D eigenvalue weighted by Crippen LogP contribution is 2.60. The molecule has 0 aliphatic heterocycles. The van der Waals surface area contributed by atoms with Gasteiger partial charge in [-0.05, 0) is 44.8 Å². The molecule has 6 nitrogen and oxygen atoms in total. The Bertz CT molecular complexity index is 761. The second-order valence-corrected chi connectivity index (χ2v) is 6.61. The number of carboxylic acid groups (broad SMARTS) is 1. The summed E-state index contributed by atoms with van der Waals surface area (Å²) in [5, 5.41) is 9.46. The molecule has 2 aliphatic rings. The zero-order valence-electron chi connectivity index (χ0n) is 14.5. The first kappa shape index (κ1) is 17.4. The molecule has 1 aromatic heterocycles. The molecule has 0 aromatic carbocycles. The summed E-state index contributed by atoms with van der Waals surface area (Å²) in [7, 11) is 1.40. The molecule has 1 heterocycles. The smallest absolute Gasteiger partial charge is 0.307 e. The van der Waals surface area contributed by atoms with Crippen LogP contribution in [0.4, 0.5) is 4.39 Å². The van der Waals surface area contributed by atoms with E-state index in [1.807, 2.05) is 6.92 Å². The van der Waals surface area contributed by atoms with Gasteiger partial charge in [-0.2, -0.15) is 0 Å². The molecule has 1 fully saturated rings. The van der Waals surface area contributed by atoms with Crippen molar-refractivity contribution in [3.63, 3.8) is 0 Å². The number of aliphatic carboxylic acids is 1. The van der Waals surface area contributed by atoms with E-state index in [0.29, 0.717) is 30.1 Å². The van der Waals surface area contributed by atoms with Crippen LogP contribution < -0.4 is 4.74 Å². The number of halogens is 1. The number of aryl methyl sites for hydroxylation is 2. The van der Waals surface area contributed by atoms with Crippen LogP contribution in [0.2, 0.25) is 0 Å². The Balaban J connectivity index is 1.81. The molecular weight excluding hydrogens is 327 g/mol. The number of methoxy groups -OCH3 is 1. The summed E-state index contributed by atoms with van der Waals surface area (Å²) >= 11 is 0. The van der Waals surface area contributed by atoms with Gasteiger partial charge in [-0.1, -0.05) is 0 Å². The lowest BCUT2D eigenvalue weighted by atomic mass is 9.82. The fourth-order valence-corrected chi connectivity index (χ4v) is 3.48. The Hall–Kier alpha value is -2.44. The van der Waals surface area contributed by atoms with Gasteiger partial charge in [-0.3, -0.25) is 4.79 Å². The maximum Gasteiger partial charge on any atom is 0.307 e.